The molecule has 2 heteroatoms. The first-order valence-corrected chi connectivity index (χ1v) is 8.01. The monoisotopic (exact) mass is 279 g/mol. The van der Waals surface area contributed by atoms with E-state index in [1.54, 1.807) is 0 Å². The summed E-state index contributed by atoms with van der Waals surface area (Å²) in [6.07, 6.45) is 5.56. The molecule has 2 aromatic carbocycles. The van der Waals surface area contributed by atoms with E-state index in [-0.39, 0.29) is 6.04 Å². The Morgan fingerprint density at radius 1 is 0.905 bits per heavy atom. The van der Waals surface area contributed by atoms with Gasteiger partial charge in [-0.2, -0.15) is 0 Å². The van der Waals surface area contributed by atoms with Crippen molar-refractivity contribution in [1.29, 1.82) is 0 Å². The summed E-state index contributed by atoms with van der Waals surface area (Å²) in [4.78, 5) is 0. The van der Waals surface area contributed by atoms with Gasteiger partial charge in [-0.1, -0.05) is 55.7 Å². The number of rotatable bonds is 4. The van der Waals surface area contributed by atoms with Gasteiger partial charge in [-0.25, -0.2) is 0 Å². The van der Waals surface area contributed by atoms with Crippen LogP contribution >= 0.6 is 0 Å². The van der Waals surface area contributed by atoms with Crippen LogP contribution in [0.4, 0.5) is 0 Å². The highest BCUT2D eigenvalue weighted by molar-refractivity contribution is 5.52. The van der Waals surface area contributed by atoms with Gasteiger partial charge in [-0.3, -0.25) is 0 Å². The minimum Gasteiger partial charge on any atom is -0.457 e. The molecule has 1 fully saturated rings. The zero-order chi connectivity index (χ0) is 14.1. The molecule has 1 heterocycles. The van der Waals surface area contributed by atoms with Crippen LogP contribution < -0.4 is 10.1 Å². The first-order valence-electron chi connectivity index (χ1n) is 8.01. The predicted octanol–water partition coefficient (Wildman–Crippen LogP) is 4.66. The van der Waals surface area contributed by atoms with E-state index in [9.17, 15) is 0 Å². The van der Waals surface area contributed by atoms with Crippen LogP contribution in [-0.4, -0.2) is 6.54 Å². The van der Waals surface area contributed by atoms with E-state index in [0.29, 0.717) is 0 Å². The van der Waals surface area contributed by atoms with Gasteiger partial charge in [0.05, 0.1) is 6.04 Å². The van der Waals surface area contributed by atoms with Crippen molar-refractivity contribution < 1.29 is 4.74 Å². The summed E-state index contributed by atoms with van der Waals surface area (Å²) in [7, 11) is 0. The second-order valence-corrected chi connectivity index (χ2v) is 6.15. The second-order valence-electron chi connectivity index (χ2n) is 6.15. The summed E-state index contributed by atoms with van der Waals surface area (Å²) in [5.74, 6) is 2.91. The summed E-state index contributed by atoms with van der Waals surface area (Å²) in [6.45, 7) is 1.08. The van der Waals surface area contributed by atoms with Crippen molar-refractivity contribution in [3.8, 4) is 11.5 Å². The highest BCUT2D eigenvalue weighted by atomic mass is 16.5. The number of hydrogen-bond donors (Lipinski definition) is 1. The van der Waals surface area contributed by atoms with Crippen molar-refractivity contribution in [1.82, 2.24) is 5.32 Å². The Hall–Kier alpha value is -1.80. The van der Waals surface area contributed by atoms with Crippen LogP contribution in [0.25, 0.3) is 0 Å². The topological polar surface area (TPSA) is 21.3 Å². The quantitative estimate of drug-likeness (QED) is 0.878. The van der Waals surface area contributed by atoms with Crippen LogP contribution in [0.5, 0.6) is 11.5 Å². The van der Waals surface area contributed by atoms with Gasteiger partial charge in [0.2, 0.25) is 0 Å². The lowest BCUT2D eigenvalue weighted by molar-refractivity contribution is 0.288. The molecule has 0 atom stereocenters. The van der Waals surface area contributed by atoms with Crippen LogP contribution in [0.15, 0.2) is 48.5 Å². The van der Waals surface area contributed by atoms with E-state index in [2.05, 4.69) is 41.7 Å². The molecule has 0 amide bonds. The van der Waals surface area contributed by atoms with Gasteiger partial charge in [0.25, 0.3) is 0 Å². The van der Waals surface area contributed by atoms with Crippen LogP contribution in [-0.2, 0) is 0 Å². The zero-order valence-electron chi connectivity index (χ0n) is 12.2. The number of nitrogens with one attached hydrogen (secondary N) is 1. The predicted molar refractivity (Wildman–Crippen MR) is 84.8 cm³/mol. The van der Waals surface area contributed by atoms with Crippen LogP contribution in [0, 0.1) is 5.92 Å². The van der Waals surface area contributed by atoms with Gasteiger partial charge in [0, 0.05) is 11.1 Å². The first-order chi connectivity index (χ1) is 10.4. The van der Waals surface area contributed by atoms with Crippen LogP contribution in [0.3, 0.4) is 0 Å². The molecule has 1 saturated carbocycles. The van der Waals surface area contributed by atoms with Crippen molar-refractivity contribution in [2.24, 2.45) is 5.92 Å². The summed E-state index contributed by atoms with van der Waals surface area (Å²) >= 11 is 0. The van der Waals surface area contributed by atoms with Gasteiger partial charge in [-0.15, -0.1) is 0 Å². The Kier molecular flexibility index (Phi) is 3.40. The zero-order valence-corrected chi connectivity index (χ0v) is 12.2. The van der Waals surface area contributed by atoms with E-state index in [1.807, 2.05) is 12.1 Å². The summed E-state index contributed by atoms with van der Waals surface area (Å²) in [5, 5.41) is 3.75. The number of para-hydroxylation sites is 2. The van der Waals surface area contributed by atoms with Crippen LogP contribution in [0.2, 0.25) is 0 Å². The third-order valence-electron chi connectivity index (χ3n) is 4.81. The molecule has 108 valence electrons. The lowest BCUT2D eigenvalue weighted by Crippen LogP contribution is -2.28. The Bertz CT molecular complexity index is 587. The van der Waals surface area contributed by atoms with Gasteiger partial charge in [0.1, 0.15) is 11.5 Å². The molecule has 0 bridgehead atoms. The van der Waals surface area contributed by atoms with Crippen molar-refractivity contribution in [3.05, 3.63) is 59.7 Å². The average Bonchev–Trinajstić information content (AvgIpc) is 2.48. The molecule has 4 rings (SSSR count). The standard InChI is InChI=1S/C19H21NO/c1-3-10-17-15(8-1)19(20-13-12-14-6-5-7-14)16-9-2-4-11-18(16)21-17/h1-4,8-11,14,19-20H,5-7,12-13H2. The number of hydrogen-bond acceptors (Lipinski definition) is 2. The lowest BCUT2D eigenvalue weighted by atomic mass is 9.83. The molecule has 1 aliphatic carbocycles. The molecule has 2 aliphatic rings. The van der Waals surface area contributed by atoms with E-state index >= 15 is 0 Å². The molecule has 0 radical (unpaired) electrons. The maximum absolute atomic E-state index is 6.03. The van der Waals surface area contributed by atoms with Gasteiger partial charge in [0.15, 0.2) is 0 Å². The molecule has 1 N–H and O–H groups in total. The Morgan fingerprint density at radius 3 is 2.10 bits per heavy atom. The summed E-state index contributed by atoms with van der Waals surface area (Å²) in [5.41, 5.74) is 2.51. The van der Waals surface area contributed by atoms with Gasteiger partial charge < -0.3 is 10.1 Å². The fraction of sp³-hybridized carbons (Fsp3) is 0.368. The fourth-order valence-corrected chi connectivity index (χ4v) is 3.34. The third kappa shape index (κ3) is 2.44. The maximum Gasteiger partial charge on any atom is 0.132 e. The normalized spacial score (nSPS) is 17.5. The number of benzene rings is 2. The molecular weight excluding hydrogens is 258 g/mol. The second kappa shape index (κ2) is 5.53. The number of ether oxygens (including phenoxy) is 1. The van der Waals surface area contributed by atoms with Crippen molar-refractivity contribution in [3.63, 3.8) is 0 Å². The lowest BCUT2D eigenvalue weighted by Gasteiger charge is -2.30. The van der Waals surface area contributed by atoms with Crippen molar-refractivity contribution in [2.75, 3.05) is 6.54 Å². The van der Waals surface area contributed by atoms with E-state index in [1.165, 1.54) is 36.8 Å². The van der Waals surface area contributed by atoms with Crippen LogP contribution in [0.1, 0.15) is 42.9 Å². The molecular formula is C19H21NO. The minimum atomic E-state index is 0.256. The summed E-state index contributed by atoms with van der Waals surface area (Å²) in [6, 6.07) is 17.0. The molecule has 21 heavy (non-hydrogen) atoms. The Balaban J connectivity index is 1.58. The van der Waals surface area contributed by atoms with Crippen molar-refractivity contribution in [2.45, 2.75) is 31.7 Å². The highest BCUT2D eigenvalue weighted by Gasteiger charge is 2.26. The highest BCUT2D eigenvalue weighted by Crippen LogP contribution is 2.42. The largest absolute Gasteiger partial charge is 0.457 e. The summed E-state index contributed by atoms with van der Waals surface area (Å²) < 4.78 is 6.03. The van der Waals surface area contributed by atoms with Gasteiger partial charge >= 0.3 is 0 Å². The fourth-order valence-electron chi connectivity index (χ4n) is 3.34. The molecule has 1 aliphatic heterocycles. The molecule has 2 aromatic rings. The van der Waals surface area contributed by atoms with E-state index in [0.717, 1.165) is 24.0 Å². The molecule has 0 aromatic heterocycles. The van der Waals surface area contributed by atoms with E-state index in [4.69, 9.17) is 4.74 Å². The molecule has 0 spiro atoms. The minimum absolute atomic E-state index is 0.256. The molecule has 2 nitrogen and oxygen atoms in total. The van der Waals surface area contributed by atoms with Crippen molar-refractivity contribution >= 4 is 0 Å². The average molecular weight is 279 g/mol. The Labute approximate surface area is 126 Å². The smallest absolute Gasteiger partial charge is 0.132 e. The molecule has 0 unspecified atom stereocenters. The maximum atomic E-state index is 6.03. The van der Waals surface area contributed by atoms with Gasteiger partial charge in [-0.05, 0) is 31.0 Å². The van der Waals surface area contributed by atoms with E-state index < -0.39 is 0 Å². The third-order valence-corrected chi connectivity index (χ3v) is 4.81. The SMILES string of the molecule is c1ccc2c(c1)Oc1ccccc1C2NCCC1CCC1. The Morgan fingerprint density at radius 2 is 1.52 bits per heavy atom. The number of fused-ring (bicyclic) bond motifs is 2. The first kappa shape index (κ1) is 12.9. The molecule has 0 saturated heterocycles.